The lowest BCUT2D eigenvalue weighted by Gasteiger charge is -2.13. The number of hydrogen-bond acceptors (Lipinski definition) is 4. The van der Waals surface area contributed by atoms with Crippen molar-refractivity contribution >= 4 is 21.6 Å². The first-order valence-corrected chi connectivity index (χ1v) is 8.33. The first-order valence-electron chi connectivity index (χ1n) is 7.45. The molecule has 0 bridgehead atoms. The van der Waals surface area contributed by atoms with Crippen LogP contribution in [0.5, 0.6) is 0 Å². The summed E-state index contributed by atoms with van der Waals surface area (Å²) in [7, 11) is 0. The van der Waals surface area contributed by atoms with E-state index in [0.29, 0.717) is 0 Å². The van der Waals surface area contributed by atoms with Crippen LogP contribution in [0.4, 0.5) is 0 Å². The molecule has 114 valence electrons. The Bertz CT molecular complexity index is 990. The average Bonchev–Trinajstić information content (AvgIpc) is 3.13. The van der Waals surface area contributed by atoms with Gasteiger partial charge in [0, 0.05) is 5.56 Å². The van der Waals surface area contributed by atoms with E-state index >= 15 is 0 Å². The van der Waals surface area contributed by atoms with E-state index in [4.69, 9.17) is 0 Å². The number of nitrogens with zero attached hydrogens (tertiary/aromatic N) is 4. The van der Waals surface area contributed by atoms with Gasteiger partial charge in [0.25, 0.3) is 0 Å². The number of thiazole rings is 1. The van der Waals surface area contributed by atoms with Crippen LogP contribution in [0.25, 0.3) is 27.3 Å². The van der Waals surface area contributed by atoms with Gasteiger partial charge in [0.1, 0.15) is 6.33 Å². The normalized spacial score (nSPS) is 11.3. The fourth-order valence-corrected chi connectivity index (χ4v) is 3.82. The summed E-state index contributed by atoms with van der Waals surface area (Å²) in [4.78, 5) is 8.83. The highest BCUT2D eigenvalue weighted by Crippen LogP contribution is 2.28. The van der Waals surface area contributed by atoms with Crippen LogP contribution < -0.4 is 0 Å². The Labute approximate surface area is 138 Å². The molecule has 23 heavy (non-hydrogen) atoms. The van der Waals surface area contributed by atoms with Gasteiger partial charge >= 0.3 is 0 Å². The van der Waals surface area contributed by atoms with Crippen LogP contribution in [0.3, 0.4) is 0 Å². The molecule has 2 heterocycles. The predicted molar refractivity (Wildman–Crippen MR) is 94.2 cm³/mol. The predicted octanol–water partition coefficient (Wildman–Crippen LogP) is 4.47. The highest BCUT2D eigenvalue weighted by atomic mass is 32.1. The fourth-order valence-electron chi connectivity index (χ4n) is 3.10. The van der Waals surface area contributed by atoms with Gasteiger partial charge in [-0.3, -0.25) is 0 Å². The lowest BCUT2D eigenvalue weighted by molar-refractivity contribution is 0.870. The number of fused-ring (bicyclic) bond motifs is 1. The fraction of sp³-hybridized carbons (Fsp3) is 0.167. The van der Waals surface area contributed by atoms with Gasteiger partial charge in [0.15, 0.2) is 5.82 Å². The summed E-state index contributed by atoms with van der Waals surface area (Å²) in [5.41, 5.74) is 8.71. The zero-order valence-electron chi connectivity index (χ0n) is 13.2. The SMILES string of the molecule is Cc1cc(C)c(-n2ncnc2-c2ccc3ncsc3c2)c(C)c1. The van der Waals surface area contributed by atoms with Crippen LogP contribution >= 0.6 is 11.3 Å². The van der Waals surface area contributed by atoms with E-state index < -0.39 is 0 Å². The largest absolute Gasteiger partial charge is 0.245 e. The summed E-state index contributed by atoms with van der Waals surface area (Å²) in [6.07, 6.45) is 1.62. The molecule has 4 rings (SSSR count). The molecule has 0 unspecified atom stereocenters. The van der Waals surface area contributed by atoms with Crippen LogP contribution in [-0.4, -0.2) is 19.7 Å². The Morgan fingerprint density at radius 3 is 2.52 bits per heavy atom. The molecule has 2 aromatic carbocycles. The topological polar surface area (TPSA) is 43.6 Å². The molecular weight excluding hydrogens is 304 g/mol. The maximum absolute atomic E-state index is 4.49. The van der Waals surface area contributed by atoms with Gasteiger partial charge in [-0.15, -0.1) is 11.3 Å². The van der Waals surface area contributed by atoms with Gasteiger partial charge in [-0.05, 0) is 50.1 Å². The molecule has 0 amide bonds. The Kier molecular flexibility index (Phi) is 3.23. The third-order valence-corrected chi connectivity index (χ3v) is 4.78. The number of benzene rings is 2. The van der Waals surface area contributed by atoms with Crippen molar-refractivity contribution in [1.29, 1.82) is 0 Å². The lowest BCUT2D eigenvalue weighted by Crippen LogP contribution is -2.04. The van der Waals surface area contributed by atoms with Gasteiger partial charge in [0.2, 0.25) is 0 Å². The molecule has 5 heteroatoms. The summed E-state index contributed by atoms with van der Waals surface area (Å²) in [6, 6.07) is 10.6. The quantitative estimate of drug-likeness (QED) is 0.547. The molecule has 0 saturated carbocycles. The standard InChI is InChI=1S/C18H16N4S/c1-11-6-12(2)17(13(3)7-11)22-18(19-9-21-22)14-4-5-15-16(8-14)23-10-20-15/h4-10H,1-3H3. The van der Waals surface area contributed by atoms with E-state index in [0.717, 1.165) is 27.3 Å². The van der Waals surface area contributed by atoms with Crippen LogP contribution in [-0.2, 0) is 0 Å². The van der Waals surface area contributed by atoms with Crippen molar-refractivity contribution < 1.29 is 0 Å². The third-order valence-electron chi connectivity index (χ3n) is 3.98. The summed E-state index contributed by atoms with van der Waals surface area (Å²) in [5.74, 6) is 0.857. The molecule has 0 aliphatic heterocycles. The second kappa shape index (κ2) is 5.28. The second-order valence-corrected chi connectivity index (χ2v) is 6.66. The van der Waals surface area contributed by atoms with Crippen molar-refractivity contribution in [3.05, 3.63) is 58.9 Å². The van der Waals surface area contributed by atoms with Crippen molar-refractivity contribution in [3.63, 3.8) is 0 Å². The lowest BCUT2D eigenvalue weighted by atomic mass is 10.0. The van der Waals surface area contributed by atoms with Crippen molar-refractivity contribution in [2.24, 2.45) is 0 Å². The molecule has 0 N–H and O–H groups in total. The monoisotopic (exact) mass is 320 g/mol. The van der Waals surface area contributed by atoms with Gasteiger partial charge in [-0.2, -0.15) is 5.10 Å². The van der Waals surface area contributed by atoms with Crippen molar-refractivity contribution in [2.45, 2.75) is 20.8 Å². The van der Waals surface area contributed by atoms with Gasteiger partial charge in [-0.25, -0.2) is 14.6 Å². The van der Waals surface area contributed by atoms with E-state index in [9.17, 15) is 0 Å². The first-order chi connectivity index (χ1) is 11.1. The Balaban J connectivity index is 1.92. The number of hydrogen-bond donors (Lipinski definition) is 0. The van der Waals surface area contributed by atoms with E-state index in [-0.39, 0.29) is 0 Å². The van der Waals surface area contributed by atoms with E-state index in [1.807, 2.05) is 16.3 Å². The maximum Gasteiger partial charge on any atom is 0.163 e. The Hall–Kier alpha value is -2.53. The maximum atomic E-state index is 4.49. The Morgan fingerprint density at radius 2 is 1.74 bits per heavy atom. The Morgan fingerprint density at radius 1 is 0.957 bits per heavy atom. The molecule has 0 fully saturated rings. The van der Waals surface area contributed by atoms with E-state index in [1.54, 1.807) is 17.7 Å². The van der Waals surface area contributed by atoms with E-state index in [2.05, 4.69) is 60.1 Å². The molecule has 0 radical (unpaired) electrons. The molecule has 0 saturated heterocycles. The summed E-state index contributed by atoms with van der Waals surface area (Å²) >= 11 is 1.64. The highest BCUT2D eigenvalue weighted by Gasteiger charge is 2.14. The van der Waals surface area contributed by atoms with Crippen LogP contribution in [0.2, 0.25) is 0 Å². The van der Waals surface area contributed by atoms with Crippen LogP contribution in [0.15, 0.2) is 42.2 Å². The molecule has 2 aromatic heterocycles. The minimum atomic E-state index is 0.857. The van der Waals surface area contributed by atoms with Crippen molar-refractivity contribution in [3.8, 4) is 17.1 Å². The number of aromatic nitrogens is 4. The molecule has 0 aliphatic rings. The summed E-state index contributed by atoms with van der Waals surface area (Å²) in [5, 5.41) is 4.48. The number of aryl methyl sites for hydroxylation is 3. The minimum Gasteiger partial charge on any atom is -0.245 e. The smallest absolute Gasteiger partial charge is 0.163 e. The molecular formula is C18H16N4S. The highest BCUT2D eigenvalue weighted by molar-refractivity contribution is 7.16. The summed E-state index contributed by atoms with van der Waals surface area (Å²) < 4.78 is 3.10. The number of rotatable bonds is 2. The zero-order chi connectivity index (χ0) is 16.0. The van der Waals surface area contributed by atoms with Gasteiger partial charge in [-0.1, -0.05) is 17.7 Å². The molecule has 4 aromatic rings. The van der Waals surface area contributed by atoms with Crippen LogP contribution in [0, 0.1) is 20.8 Å². The average molecular weight is 320 g/mol. The molecule has 4 nitrogen and oxygen atoms in total. The first kappa shape index (κ1) is 14.1. The molecule has 0 atom stereocenters. The third kappa shape index (κ3) is 2.33. The molecule has 0 spiro atoms. The molecule has 0 aliphatic carbocycles. The van der Waals surface area contributed by atoms with Gasteiger partial charge in [0.05, 0.1) is 21.4 Å². The zero-order valence-corrected chi connectivity index (χ0v) is 14.1. The van der Waals surface area contributed by atoms with Crippen LogP contribution in [0.1, 0.15) is 16.7 Å². The minimum absolute atomic E-state index is 0.857. The van der Waals surface area contributed by atoms with E-state index in [1.165, 1.54) is 16.7 Å². The van der Waals surface area contributed by atoms with Gasteiger partial charge < -0.3 is 0 Å². The van der Waals surface area contributed by atoms with Crippen molar-refractivity contribution in [1.82, 2.24) is 19.7 Å². The second-order valence-electron chi connectivity index (χ2n) is 5.78. The van der Waals surface area contributed by atoms with Crippen molar-refractivity contribution in [2.75, 3.05) is 0 Å². The summed E-state index contributed by atoms with van der Waals surface area (Å²) in [6.45, 7) is 6.35.